The molecule has 0 bridgehead atoms. The second-order valence-electron chi connectivity index (χ2n) is 3.79. The van der Waals surface area contributed by atoms with Crippen molar-refractivity contribution in [2.75, 3.05) is 11.1 Å². The Balaban J connectivity index is 2.25. The van der Waals surface area contributed by atoms with Gasteiger partial charge in [-0.25, -0.2) is 31.6 Å². The van der Waals surface area contributed by atoms with E-state index in [-0.39, 0.29) is 5.95 Å². The first kappa shape index (κ1) is 14.7. The molecule has 0 radical (unpaired) electrons. The number of carbonyl (C=O) groups is 1. The minimum absolute atomic E-state index is 0.154. The highest BCUT2D eigenvalue weighted by molar-refractivity contribution is 5.90. The summed E-state index contributed by atoms with van der Waals surface area (Å²) in [6, 6.07) is 0. The highest BCUT2D eigenvalue weighted by atomic mass is 19.2. The van der Waals surface area contributed by atoms with Crippen LogP contribution in [0.15, 0.2) is 6.33 Å². The van der Waals surface area contributed by atoms with Crippen LogP contribution in [0.3, 0.4) is 0 Å². The quantitative estimate of drug-likeness (QED) is 0.507. The Bertz CT molecular complexity index is 687. The molecule has 11 heteroatoms. The lowest BCUT2D eigenvalue weighted by atomic mass is 10.2. The molecule has 21 heavy (non-hydrogen) atoms. The predicted octanol–water partition coefficient (Wildman–Crippen LogP) is 1.19. The summed E-state index contributed by atoms with van der Waals surface area (Å²) in [5.41, 5.74) is 3.74. The molecule has 0 aliphatic rings. The molecule has 1 aromatic carbocycles. The number of anilines is 2. The molecule has 0 fully saturated rings. The van der Waals surface area contributed by atoms with Gasteiger partial charge in [0.15, 0.2) is 23.3 Å². The van der Waals surface area contributed by atoms with Crippen LogP contribution in [0.4, 0.5) is 33.6 Å². The van der Waals surface area contributed by atoms with Crippen LogP contribution >= 0.6 is 0 Å². The molecule has 112 valence electrons. The first-order valence-corrected chi connectivity index (χ1v) is 5.27. The van der Waals surface area contributed by atoms with Crippen molar-refractivity contribution in [3.63, 3.8) is 0 Å². The number of carbonyl (C=O) groups excluding carboxylic acids is 1. The second-order valence-corrected chi connectivity index (χ2v) is 3.79. The summed E-state index contributed by atoms with van der Waals surface area (Å²) in [5, 5.41) is 5.09. The van der Waals surface area contributed by atoms with Gasteiger partial charge in [-0.05, 0) is 0 Å². The lowest BCUT2D eigenvalue weighted by molar-refractivity contribution is -0.117. The monoisotopic (exact) mass is 307 g/mol. The minimum atomic E-state index is -2.31. The lowest BCUT2D eigenvalue weighted by Gasteiger charge is -2.09. The van der Waals surface area contributed by atoms with Gasteiger partial charge >= 0.3 is 0 Å². The zero-order valence-corrected chi connectivity index (χ0v) is 10.0. The zero-order chi connectivity index (χ0) is 15.7. The molecular formula is C10H6F5N5O. The maximum absolute atomic E-state index is 13.3. The number of hydrogen-bond donors (Lipinski definition) is 2. The van der Waals surface area contributed by atoms with Crippen molar-refractivity contribution in [1.29, 1.82) is 0 Å². The number of nitrogens with zero attached hydrogens (tertiary/aromatic N) is 3. The molecule has 0 saturated carbocycles. The van der Waals surface area contributed by atoms with Gasteiger partial charge in [0.2, 0.25) is 17.7 Å². The fourth-order valence-electron chi connectivity index (χ4n) is 1.43. The molecule has 2 rings (SSSR count). The second kappa shape index (κ2) is 5.34. The molecule has 0 saturated heterocycles. The van der Waals surface area contributed by atoms with Crippen LogP contribution in [0.2, 0.25) is 0 Å². The van der Waals surface area contributed by atoms with Crippen LogP contribution in [-0.4, -0.2) is 20.7 Å². The standard InChI is InChI=1S/C10H6F5N5O/c11-4-5(12)7(14)9(8(15)6(4)13)18-3(21)1-20-2-17-10(16)19-20/h2H,1H2,(H2,16,19)(H,18,21). The Morgan fingerprint density at radius 2 is 1.62 bits per heavy atom. The Kier molecular flexibility index (Phi) is 3.74. The fourth-order valence-corrected chi connectivity index (χ4v) is 1.43. The molecule has 0 aliphatic carbocycles. The molecule has 6 nitrogen and oxygen atoms in total. The third-order valence-electron chi connectivity index (χ3n) is 2.33. The number of hydrogen-bond acceptors (Lipinski definition) is 4. The highest BCUT2D eigenvalue weighted by Crippen LogP contribution is 2.27. The van der Waals surface area contributed by atoms with Gasteiger partial charge < -0.3 is 11.1 Å². The van der Waals surface area contributed by atoms with Gasteiger partial charge in [-0.2, -0.15) is 0 Å². The van der Waals surface area contributed by atoms with E-state index in [1.165, 1.54) is 0 Å². The molecule has 0 unspecified atom stereocenters. The Hall–Kier alpha value is -2.72. The number of halogens is 5. The molecule has 0 spiro atoms. The molecule has 1 aromatic heterocycles. The summed E-state index contributed by atoms with van der Waals surface area (Å²) in [4.78, 5) is 15.0. The third-order valence-corrected chi connectivity index (χ3v) is 2.33. The summed E-state index contributed by atoms with van der Waals surface area (Å²) in [6.45, 7) is -0.580. The van der Waals surface area contributed by atoms with Crippen molar-refractivity contribution >= 4 is 17.5 Å². The van der Waals surface area contributed by atoms with Gasteiger partial charge in [0.1, 0.15) is 18.6 Å². The van der Waals surface area contributed by atoms with E-state index in [0.29, 0.717) is 0 Å². The molecule has 0 atom stereocenters. The molecule has 3 N–H and O–H groups in total. The number of rotatable bonds is 3. The average molecular weight is 307 g/mol. The van der Waals surface area contributed by atoms with Crippen LogP contribution in [0, 0.1) is 29.1 Å². The number of nitrogens with one attached hydrogen (secondary N) is 1. The summed E-state index contributed by atoms with van der Waals surface area (Å²) < 4.78 is 66.2. The van der Waals surface area contributed by atoms with E-state index < -0.39 is 47.2 Å². The zero-order valence-electron chi connectivity index (χ0n) is 10.0. The van der Waals surface area contributed by atoms with E-state index in [9.17, 15) is 26.7 Å². The molecule has 1 amide bonds. The van der Waals surface area contributed by atoms with Crippen molar-refractivity contribution < 1.29 is 26.7 Å². The maximum atomic E-state index is 13.3. The Morgan fingerprint density at radius 1 is 1.10 bits per heavy atom. The Labute approximate surface area is 113 Å². The van der Waals surface area contributed by atoms with Crippen molar-refractivity contribution in [3.8, 4) is 0 Å². The van der Waals surface area contributed by atoms with Crippen LogP contribution in [0.1, 0.15) is 0 Å². The fraction of sp³-hybridized carbons (Fsp3) is 0.100. The van der Waals surface area contributed by atoms with Gasteiger partial charge in [0.05, 0.1) is 0 Å². The van der Waals surface area contributed by atoms with E-state index in [2.05, 4.69) is 10.1 Å². The molecule has 1 heterocycles. The van der Waals surface area contributed by atoms with E-state index in [1.807, 2.05) is 0 Å². The van der Waals surface area contributed by atoms with E-state index in [1.54, 1.807) is 5.32 Å². The van der Waals surface area contributed by atoms with Gasteiger partial charge in [-0.15, -0.1) is 5.10 Å². The van der Waals surface area contributed by atoms with E-state index in [4.69, 9.17) is 5.73 Å². The number of amides is 1. The van der Waals surface area contributed by atoms with Gasteiger partial charge in [0, 0.05) is 0 Å². The normalized spacial score (nSPS) is 10.7. The third kappa shape index (κ3) is 2.75. The highest BCUT2D eigenvalue weighted by Gasteiger charge is 2.26. The lowest BCUT2D eigenvalue weighted by Crippen LogP contribution is -2.22. The summed E-state index contributed by atoms with van der Waals surface area (Å²) in [7, 11) is 0. The first-order chi connectivity index (χ1) is 9.81. The molecular weight excluding hydrogens is 301 g/mol. The largest absolute Gasteiger partial charge is 0.367 e. The predicted molar refractivity (Wildman–Crippen MR) is 59.3 cm³/mol. The summed E-state index contributed by atoms with van der Waals surface area (Å²) in [5.74, 6) is -12.1. The number of aromatic nitrogens is 3. The van der Waals surface area contributed by atoms with Crippen molar-refractivity contribution in [1.82, 2.24) is 14.8 Å². The maximum Gasteiger partial charge on any atom is 0.246 e. The van der Waals surface area contributed by atoms with Crippen molar-refractivity contribution in [3.05, 3.63) is 35.4 Å². The van der Waals surface area contributed by atoms with Gasteiger partial charge in [0.25, 0.3) is 0 Å². The van der Waals surface area contributed by atoms with Crippen LogP contribution in [0.5, 0.6) is 0 Å². The Morgan fingerprint density at radius 3 is 2.10 bits per heavy atom. The van der Waals surface area contributed by atoms with Crippen LogP contribution in [-0.2, 0) is 11.3 Å². The van der Waals surface area contributed by atoms with Crippen molar-refractivity contribution in [2.45, 2.75) is 6.54 Å². The summed E-state index contributed by atoms with van der Waals surface area (Å²) >= 11 is 0. The average Bonchev–Trinajstić information content (AvgIpc) is 2.84. The van der Waals surface area contributed by atoms with E-state index >= 15 is 0 Å². The van der Waals surface area contributed by atoms with Gasteiger partial charge in [-0.1, -0.05) is 0 Å². The number of nitrogen functional groups attached to an aromatic ring is 1. The summed E-state index contributed by atoms with van der Waals surface area (Å²) in [6.07, 6.45) is 1.05. The number of benzene rings is 1. The van der Waals surface area contributed by atoms with Crippen LogP contribution < -0.4 is 11.1 Å². The SMILES string of the molecule is Nc1ncn(CC(=O)Nc2c(F)c(F)c(F)c(F)c2F)n1. The number of nitrogens with two attached hydrogens (primary N) is 1. The smallest absolute Gasteiger partial charge is 0.246 e. The van der Waals surface area contributed by atoms with Crippen molar-refractivity contribution in [2.24, 2.45) is 0 Å². The molecule has 2 aromatic rings. The van der Waals surface area contributed by atoms with Gasteiger partial charge in [-0.3, -0.25) is 4.79 Å². The first-order valence-electron chi connectivity index (χ1n) is 5.27. The van der Waals surface area contributed by atoms with Crippen LogP contribution in [0.25, 0.3) is 0 Å². The molecule has 0 aliphatic heterocycles. The minimum Gasteiger partial charge on any atom is -0.367 e. The van der Waals surface area contributed by atoms with E-state index in [0.717, 1.165) is 11.0 Å². The topological polar surface area (TPSA) is 85.8 Å².